The van der Waals surface area contributed by atoms with Crippen LogP contribution in [0.3, 0.4) is 0 Å². The van der Waals surface area contributed by atoms with Crippen molar-refractivity contribution in [2.45, 2.75) is 83.3 Å². The maximum atomic E-state index is 13.1. The minimum atomic E-state index is -1.00. The number of carboxylic acids is 1. The van der Waals surface area contributed by atoms with Gasteiger partial charge in [-0.3, -0.25) is 4.79 Å². The Hall–Kier alpha value is -2.93. The monoisotopic (exact) mass is 505 g/mol. The number of benzene rings is 1. The van der Waals surface area contributed by atoms with Crippen LogP contribution in [0.4, 0.5) is 5.82 Å². The van der Waals surface area contributed by atoms with Crippen molar-refractivity contribution in [1.82, 2.24) is 10.3 Å². The van der Waals surface area contributed by atoms with E-state index in [9.17, 15) is 14.7 Å². The molecule has 198 valence electrons. The van der Waals surface area contributed by atoms with Crippen LogP contribution < -0.4 is 10.6 Å². The van der Waals surface area contributed by atoms with E-state index < -0.39 is 17.4 Å². The maximum absolute atomic E-state index is 13.1. The third kappa shape index (κ3) is 6.15. The third-order valence-electron chi connectivity index (χ3n) is 8.51. The number of carboxylic acid groups (broad SMARTS) is 1. The molecule has 3 N–H and O–H groups in total. The zero-order chi connectivity index (χ0) is 25.8. The predicted molar refractivity (Wildman–Crippen MR) is 143 cm³/mol. The van der Waals surface area contributed by atoms with E-state index in [1.807, 2.05) is 19.1 Å². The molecule has 2 aromatic rings. The van der Waals surface area contributed by atoms with Crippen molar-refractivity contribution < 1.29 is 19.4 Å². The smallest absolute Gasteiger partial charge is 0.326 e. The standard InChI is InChI=1S/C30H39N3O4/c1-30(14-12-21-5-2-3-6-23(21)19-30)29(36)33-26(28(34)35)13-16-37-25-17-20(18-25)8-10-24-11-9-22-7-4-15-31-27(22)32-24/h2-3,5-6,9,11,20,25-26H,4,7-8,10,12-19H2,1H3,(H,31,32)(H,33,36)(H,34,35)/t20-,25-,26-,30?/m0/s1. The van der Waals surface area contributed by atoms with Gasteiger partial charge in [-0.15, -0.1) is 0 Å². The van der Waals surface area contributed by atoms with Gasteiger partial charge in [-0.05, 0) is 86.5 Å². The molecule has 7 heteroatoms. The van der Waals surface area contributed by atoms with E-state index in [1.54, 1.807) is 0 Å². The molecule has 1 fully saturated rings. The summed E-state index contributed by atoms with van der Waals surface area (Å²) in [7, 11) is 0. The Morgan fingerprint density at radius 1 is 1.16 bits per heavy atom. The summed E-state index contributed by atoms with van der Waals surface area (Å²) >= 11 is 0. The Labute approximate surface area is 219 Å². The van der Waals surface area contributed by atoms with Gasteiger partial charge in [0.05, 0.1) is 11.5 Å². The Morgan fingerprint density at radius 2 is 1.97 bits per heavy atom. The van der Waals surface area contributed by atoms with Crippen LogP contribution in [-0.2, 0) is 40.0 Å². The Balaban J connectivity index is 1.02. The first-order valence-corrected chi connectivity index (χ1v) is 13.8. The zero-order valence-electron chi connectivity index (χ0n) is 21.8. The van der Waals surface area contributed by atoms with Gasteiger partial charge in [0, 0.05) is 25.3 Å². The Morgan fingerprint density at radius 3 is 2.78 bits per heavy atom. The molecule has 3 aliphatic rings. The van der Waals surface area contributed by atoms with Gasteiger partial charge in [0.15, 0.2) is 0 Å². The van der Waals surface area contributed by atoms with Gasteiger partial charge in [-0.2, -0.15) is 0 Å². The number of nitrogens with one attached hydrogen (secondary N) is 2. The average molecular weight is 506 g/mol. The lowest BCUT2D eigenvalue weighted by Crippen LogP contribution is -2.50. The fourth-order valence-corrected chi connectivity index (χ4v) is 5.94. The van der Waals surface area contributed by atoms with Crippen molar-refractivity contribution in [3.05, 3.63) is 58.8 Å². The highest BCUT2D eigenvalue weighted by Crippen LogP contribution is 2.36. The second-order valence-electron chi connectivity index (χ2n) is 11.4. The molecule has 37 heavy (non-hydrogen) atoms. The number of anilines is 1. The molecule has 1 unspecified atom stereocenters. The highest BCUT2D eigenvalue weighted by atomic mass is 16.5. The van der Waals surface area contributed by atoms with Crippen LogP contribution in [0.25, 0.3) is 0 Å². The van der Waals surface area contributed by atoms with Crippen molar-refractivity contribution in [1.29, 1.82) is 0 Å². The molecular weight excluding hydrogens is 466 g/mol. The molecule has 0 spiro atoms. The lowest BCUT2D eigenvalue weighted by Gasteiger charge is -2.36. The van der Waals surface area contributed by atoms with E-state index in [0.717, 1.165) is 63.0 Å². The largest absolute Gasteiger partial charge is 0.480 e. The van der Waals surface area contributed by atoms with Crippen LogP contribution in [0.5, 0.6) is 0 Å². The highest BCUT2D eigenvalue weighted by molar-refractivity contribution is 5.87. The molecule has 2 heterocycles. The van der Waals surface area contributed by atoms with Gasteiger partial charge >= 0.3 is 5.97 Å². The van der Waals surface area contributed by atoms with Gasteiger partial charge in [0.1, 0.15) is 11.9 Å². The number of nitrogens with zero attached hydrogens (tertiary/aromatic N) is 1. The average Bonchev–Trinajstić information content (AvgIpc) is 2.88. The summed E-state index contributed by atoms with van der Waals surface area (Å²) in [5, 5.41) is 15.9. The second kappa shape index (κ2) is 11.2. The Bertz CT molecular complexity index is 1130. The minimum absolute atomic E-state index is 0.177. The molecule has 7 nitrogen and oxygen atoms in total. The molecule has 1 aromatic heterocycles. The fourth-order valence-electron chi connectivity index (χ4n) is 5.94. The van der Waals surface area contributed by atoms with Crippen molar-refractivity contribution in [3.63, 3.8) is 0 Å². The van der Waals surface area contributed by atoms with E-state index in [2.05, 4.69) is 34.9 Å². The number of pyridine rings is 1. The molecule has 1 amide bonds. The summed E-state index contributed by atoms with van der Waals surface area (Å²) in [6.07, 6.45) is 9.02. The van der Waals surface area contributed by atoms with Crippen LogP contribution in [0.1, 0.15) is 67.8 Å². The topological polar surface area (TPSA) is 101 Å². The number of carbonyl (C=O) groups excluding carboxylic acids is 1. The molecule has 1 aromatic carbocycles. The molecule has 2 atom stereocenters. The van der Waals surface area contributed by atoms with Crippen LogP contribution in [0.2, 0.25) is 0 Å². The summed E-state index contributed by atoms with van der Waals surface area (Å²) in [6.45, 7) is 3.29. The lowest BCUT2D eigenvalue weighted by atomic mass is 9.72. The maximum Gasteiger partial charge on any atom is 0.326 e. The summed E-state index contributed by atoms with van der Waals surface area (Å²) in [6, 6.07) is 11.6. The number of aromatic nitrogens is 1. The SMILES string of the molecule is CC1(C(=O)N[C@@H](CCO[C@H]2C[C@H](CCc3ccc4c(n3)NCCC4)C2)C(=O)O)CCc2ccccc2C1. The highest BCUT2D eigenvalue weighted by Gasteiger charge is 2.38. The number of hydrogen-bond donors (Lipinski definition) is 3. The normalized spacial score (nSPS) is 25.1. The number of aryl methyl sites for hydroxylation is 3. The van der Waals surface area contributed by atoms with Gasteiger partial charge in [-0.25, -0.2) is 9.78 Å². The van der Waals surface area contributed by atoms with Crippen molar-refractivity contribution >= 4 is 17.7 Å². The number of amides is 1. The summed E-state index contributed by atoms with van der Waals surface area (Å²) in [5.74, 6) is 0.500. The number of hydrogen-bond acceptors (Lipinski definition) is 5. The van der Waals surface area contributed by atoms with Crippen molar-refractivity contribution in [2.24, 2.45) is 11.3 Å². The van der Waals surface area contributed by atoms with Crippen LogP contribution in [-0.4, -0.2) is 47.3 Å². The van der Waals surface area contributed by atoms with E-state index in [0.29, 0.717) is 18.9 Å². The van der Waals surface area contributed by atoms with E-state index in [1.165, 1.54) is 23.1 Å². The Kier molecular flexibility index (Phi) is 7.79. The van der Waals surface area contributed by atoms with Crippen LogP contribution in [0.15, 0.2) is 36.4 Å². The third-order valence-corrected chi connectivity index (χ3v) is 8.51. The summed E-state index contributed by atoms with van der Waals surface area (Å²) in [4.78, 5) is 29.7. The van der Waals surface area contributed by atoms with Crippen LogP contribution in [0, 0.1) is 11.3 Å². The van der Waals surface area contributed by atoms with Crippen molar-refractivity contribution in [3.8, 4) is 0 Å². The van der Waals surface area contributed by atoms with E-state index in [-0.39, 0.29) is 18.4 Å². The molecule has 0 saturated heterocycles. The number of rotatable bonds is 10. The molecule has 0 radical (unpaired) electrons. The van der Waals surface area contributed by atoms with Gasteiger partial charge in [0.25, 0.3) is 0 Å². The summed E-state index contributed by atoms with van der Waals surface area (Å²) < 4.78 is 5.97. The van der Waals surface area contributed by atoms with E-state index in [4.69, 9.17) is 9.72 Å². The second-order valence-corrected chi connectivity index (χ2v) is 11.4. The molecule has 2 aliphatic carbocycles. The minimum Gasteiger partial charge on any atom is -0.480 e. The number of carbonyl (C=O) groups is 2. The molecule has 1 saturated carbocycles. The van der Waals surface area contributed by atoms with Gasteiger partial charge in [0.2, 0.25) is 5.91 Å². The first-order chi connectivity index (χ1) is 17.9. The molecule has 5 rings (SSSR count). The van der Waals surface area contributed by atoms with E-state index >= 15 is 0 Å². The first kappa shape index (κ1) is 25.7. The van der Waals surface area contributed by atoms with Crippen molar-refractivity contribution in [2.75, 3.05) is 18.5 Å². The number of fused-ring (bicyclic) bond motifs is 2. The van der Waals surface area contributed by atoms with Crippen LogP contribution >= 0.6 is 0 Å². The van der Waals surface area contributed by atoms with Gasteiger partial charge < -0.3 is 20.5 Å². The quantitative estimate of drug-likeness (QED) is 0.445. The lowest BCUT2D eigenvalue weighted by molar-refractivity contribution is -0.145. The summed E-state index contributed by atoms with van der Waals surface area (Å²) in [5.41, 5.74) is 4.34. The molecule has 0 bridgehead atoms. The first-order valence-electron chi connectivity index (χ1n) is 13.8. The van der Waals surface area contributed by atoms with Gasteiger partial charge in [-0.1, -0.05) is 37.3 Å². The zero-order valence-corrected chi connectivity index (χ0v) is 21.8. The molecular formula is C30H39N3O4. The predicted octanol–water partition coefficient (Wildman–Crippen LogP) is 4.32. The number of ether oxygens (including phenoxy) is 1. The fraction of sp³-hybridized carbons (Fsp3) is 0.567. The molecule has 1 aliphatic heterocycles. The number of aliphatic carboxylic acids is 1.